The average Bonchev–Trinajstić information content (AvgIpc) is 3.02. The molecule has 3 unspecified atom stereocenters. The molecule has 1 aromatic rings. The van der Waals surface area contributed by atoms with Crippen LogP contribution in [0.5, 0.6) is 5.75 Å². The number of carbonyl (C=O) groups is 1. The van der Waals surface area contributed by atoms with Gasteiger partial charge in [-0.3, -0.25) is 4.90 Å². The molecule has 0 aromatic heterocycles. The van der Waals surface area contributed by atoms with E-state index in [2.05, 4.69) is 24.1 Å². The Bertz CT molecular complexity index is 585. The number of para-hydroxylation sites is 2. The van der Waals surface area contributed by atoms with Crippen LogP contribution in [0.1, 0.15) is 26.7 Å². The molecule has 1 N–H and O–H groups in total. The van der Waals surface area contributed by atoms with Gasteiger partial charge in [-0.15, -0.1) is 0 Å². The lowest BCUT2D eigenvalue weighted by atomic mass is 10.1. The van der Waals surface area contributed by atoms with E-state index < -0.39 is 0 Å². The number of urea groups is 1. The lowest BCUT2D eigenvalue weighted by Crippen LogP contribution is -2.51. The van der Waals surface area contributed by atoms with E-state index in [-0.39, 0.29) is 24.3 Å². The van der Waals surface area contributed by atoms with Crippen LogP contribution < -0.4 is 10.1 Å². The standard InChI is InChI=1S/C19H29N3O3/c1-14-11-21(12-15(2)25-14)13-16-7-6-10-22(16)19(23)20-17-8-4-5-9-18(17)24-3/h4-5,8-9,14-16H,6-7,10-13H2,1-3H3,(H,20,23). The summed E-state index contributed by atoms with van der Waals surface area (Å²) in [5.74, 6) is 0.683. The van der Waals surface area contributed by atoms with Gasteiger partial charge >= 0.3 is 6.03 Å². The number of ether oxygens (including phenoxy) is 2. The minimum atomic E-state index is -0.0404. The van der Waals surface area contributed by atoms with Gasteiger partial charge in [0.1, 0.15) is 5.75 Å². The van der Waals surface area contributed by atoms with Gasteiger partial charge in [0, 0.05) is 32.2 Å². The fraction of sp³-hybridized carbons (Fsp3) is 0.632. The Labute approximate surface area is 150 Å². The second kappa shape index (κ2) is 8.06. The number of likely N-dealkylation sites (tertiary alicyclic amines) is 1. The van der Waals surface area contributed by atoms with Gasteiger partial charge in [0.15, 0.2) is 0 Å². The zero-order valence-corrected chi connectivity index (χ0v) is 15.4. The zero-order valence-electron chi connectivity index (χ0n) is 15.4. The van der Waals surface area contributed by atoms with Crippen molar-refractivity contribution in [1.82, 2.24) is 9.80 Å². The van der Waals surface area contributed by atoms with Crippen LogP contribution in [-0.2, 0) is 4.74 Å². The summed E-state index contributed by atoms with van der Waals surface area (Å²) in [6.07, 6.45) is 2.61. The highest BCUT2D eigenvalue weighted by Crippen LogP contribution is 2.26. The summed E-state index contributed by atoms with van der Waals surface area (Å²) in [6.45, 7) is 7.82. The monoisotopic (exact) mass is 347 g/mol. The minimum Gasteiger partial charge on any atom is -0.495 e. The summed E-state index contributed by atoms with van der Waals surface area (Å²) in [5.41, 5.74) is 0.717. The van der Waals surface area contributed by atoms with Crippen LogP contribution in [0.2, 0.25) is 0 Å². The molecule has 0 bridgehead atoms. The molecule has 3 rings (SSSR count). The maximum atomic E-state index is 12.8. The molecule has 0 radical (unpaired) electrons. The molecule has 2 heterocycles. The average molecular weight is 347 g/mol. The Morgan fingerprint density at radius 2 is 2.00 bits per heavy atom. The van der Waals surface area contributed by atoms with Crippen molar-refractivity contribution < 1.29 is 14.3 Å². The first kappa shape index (κ1) is 18.0. The van der Waals surface area contributed by atoms with Crippen LogP contribution in [0.3, 0.4) is 0 Å². The predicted octanol–water partition coefficient (Wildman–Crippen LogP) is 2.80. The first-order valence-electron chi connectivity index (χ1n) is 9.15. The molecule has 2 aliphatic heterocycles. The molecule has 2 saturated heterocycles. The molecule has 25 heavy (non-hydrogen) atoms. The van der Waals surface area contributed by atoms with Gasteiger partial charge < -0.3 is 19.7 Å². The largest absolute Gasteiger partial charge is 0.495 e. The highest BCUT2D eigenvalue weighted by atomic mass is 16.5. The van der Waals surface area contributed by atoms with E-state index >= 15 is 0 Å². The molecular formula is C19H29N3O3. The number of methoxy groups -OCH3 is 1. The number of morpholine rings is 1. The summed E-state index contributed by atoms with van der Waals surface area (Å²) in [5, 5.41) is 3.01. The molecule has 3 atom stereocenters. The first-order chi connectivity index (χ1) is 12.1. The molecule has 6 nitrogen and oxygen atoms in total. The van der Waals surface area contributed by atoms with Gasteiger partial charge in [0.25, 0.3) is 0 Å². The van der Waals surface area contributed by atoms with Crippen molar-refractivity contribution in [3.63, 3.8) is 0 Å². The Hall–Kier alpha value is -1.79. The van der Waals surface area contributed by atoms with E-state index in [0.717, 1.165) is 39.0 Å². The lowest BCUT2D eigenvalue weighted by Gasteiger charge is -2.38. The molecule has 0 saturated carbocycles. The second-order valence-electron chi connectivity index (χ2n) is 7.10. The number of carbonyl (C=O) groups excluding carboxylic acids is 1. The summed E-state index contributed by atoms with van der Waals surface area (Å²) >= 11 is 0. The van der Waals surface area contributed by atoms with Gasteiger partial charge in [0.05, 0.1) is 25.0 Å². The summed E-state index contributed by atoms with van der Waals surface area (Å²) < 4.78 is 11.1. The van der Waals surface area contributed by atoms with Gasteiger partial charge in [0.2, 0.25) is 0 Å². The van der Waals surface area contributed by atoms with Crippen LogP contribution in [0.25, 0.3) is 0 Å². The molecule has 0 spiro atoms. The van der Waals surface area contributed by atoms with Crippen LogP contribution >= 0.6 is 0 Å². The summed E-state index contributed by atoms with van der Waals surface area (Å²) in [6, 6.07) is 7.73. The molecule has 6 heteroatoms. The topological polar surface area (TPSA) is 54.0 Å². The van der Waals surface area contributed by atoms with Gasteiger partial charge in [-0.1, -0.05) is 12.1 Å². The van der Waals surface area contributed by atoms with Crippen LogP contribution in [0.4, 0.5) is 10.5 Å². The van der Waals surface area contributed by atoms with E-state index in [1.807, 2.05) is 29.2 Å². The van der Waals surface area contributed by atoms with Gasteiger partial charge in [-0.25, -0.2) is 4.79 Å². The first-order valence-corrected chi connectivity index (χ1v) is 9.15. The predicted molar refractivity (Wildman–Crippen MR) is 98.2 cm³/mol. The number of nitrogens with zero attached hydrogens (tertiary/aromatic N) is 2. The SMILES string of the molecule is COc1ccccc1NC(=O)N1CCCC1CN1CC(C)OC(C)C1. The Balaban J connectivity index is 1.61. The summed E-state index contributed by atoms with van der Waals surface area (Å²) in [7, 11) is 1.62. The van der Waals surface area contributed by atoms with Crippen molar-refractivity contribution >= 4 is 11.7 Å². The second-order valence-corrected chi connectivity index (χ2v) is 7.10. The normalized spacial score (nSPS) is 27.3. The Morgan fingerprint density at radius 1 is 1.28 bits per heavy atom. The molecule has 138 valence electrons. The molecule has 2 aliphatic rings. The van der Waals surface area contributed by atoms with Crippen molar-refractivity contribution in [1.29, 1.82) is 0 Å². The molecular weight excluding hydrogens is 318 g/mol. The molecule has 1 aromatic carbocycles. The van der Waals surface area contributed by atoms with Gasteiger partial charge in [-0.05, 0) is 38.8 Å². The molecule has 2 fully saturated rings. The maximum Gasteiger partial charge on any atom is 0.322 e. The number of anilines is 1. The zero-order chi connectivity index (χ0) is 17.8. The maximum absolute atomic E-state index is 12.8. The van der Waals surface area contributed by atoms with Crippen LogP contribution in [0, 0.1) is 0 Å². The van der Waals surface area contributed by atoms with Crippen molar-refractivity contribution in [2.45, 2.75) is 44.9 Å². The van der Waals surface area contributed by atoms with Gasteiger partial charge in [-0.2, -0.15) is 0 Å². The van der Waals surface area contributed by atoms with E-state index in [4.69, 9.17) is 9.47 Å². The summed E-state index contributed by atoms with van der Waals surface area (Å²) in [4.78, 5) is 17.2. The number of amides is 2. The van der Waals surface area contributed by atoms with Crippen molar-refractivity contribution in [3.05, 3.63) is 24.3 Å². The van der Waals surface area contributed by atoms with Crippen molar-refractivity contribution in [2.24, 2.45) is 0 Å². The number of rotatable bonds is 4. The Kier molecular flexibility index (Phi) is 5.81. The van der Waals surface area contributed by atoms with Crippen molar-refractivity contribution in [3.8, 4) is 5.75 Å². The highest BCUT2D eigenvalue weighted by Gasteiger charge is 2.32. The minimum absolute atomic E-state index is 0.0404. The van der Waals surface area contributed by atoms with Crippen LogP contribution in [0.15, 0.2) is 24.3 Å². The quantitative estimate of drug-likeness (QED) is 0.910. The number of nitrogens with one attached hydrogen (secondary N) is 1. The third-order valence-electron chi connectivity index (χ3n) is 4.95. The van der Waals surface area contributed by atoms with E-state index in [9.17, 15) is 4.79 Å². The lowest BCUT2D eigenvalue weighted by molar-refractivity contribution is -0.0712. The van der Waals surface area contributed by atoms with E-state index in [0.29, 0.717) is 11.4 Å². The highest BCUT2D eigenvalue weighted by molar-refractivity contribution is 5.91. The number of benzene rings is 1. The van der Waals surface area contributed by atoms with E-state index in [1.165, 1.54) is 0 Å². The smallest absolute Gasteiger partial charge is 0.322 e. The number of hydrogen-bond acceptors (Lipinski definition) is 4. The molecule has 0 aliphatic carbocycles. The fourth-order valence-corrected chi connectivity index (χ4v) is 3.96. The third kappa shape index (κ3) is 4.44. The van der Waals surface area contributed by atoms with Crippen molar-refractivity contribution in [2.75, 3.05) is 38.6 Å². The Morgan fingerprint density at radius 3 is 2.72 bits per heavy atom. The fourth-order valence-electron chi connectivity index (χ4n) is 3.96. The number of hydrogen-bond donors (Lipinski definition) is 1. The molecule has 2 amide bonds. The third-order valence-corrected chi connectivity index (χ3v) is 4.95. The van der Waals surface area contributed by atoms with E-state index in [1.54, 1.807) is 7.11 Å². The van der Waals surface area contributed by atoms with Crippen LogP contribution in [-0.4, -0.2) is 67.4 Å².